The number of hydrogen-bond acceptors (Lipinski definition) is 2. The van der Waals surface area contributed by atoms with Crippen molar-refractivity contribution in [3.8, 4) is 6.07 Å². The highest BCUT2D eigenvalue weighted by Gasteiger charge is 2.35. The van der Waals surface area contributed by atoms with Crippen LogP contribution in [-0.4, -0.2) is 5.11 Å². The summed E-state index contributed by atoms with van der Waals surface area (Å²) < 4.78 is 0. The van der Waals surface area contributed by atoms with Gasteiger partial charge in [-0.3, -0.25) is 0 Å². The molecule has 1 N–H and O–H groups in total. The maximum atomic E-state index is 10.1. The van der Waals surface area contributed by atoms with Crippen LogP contribution in [0, 0.1) is 11.3 Å². The predicted octanol–water partition coefficient (Wildman–Crippen LogP) is 1.73. The molecule has 66 valence electrons. The molecule has 0 heterocycles. The number of fused-ring (bicyclic) bond motifs is 1. The Morgan fingerprint density at radius 3 is 3.00 bits per heavy atom. The molecule has 1 aliphatic carbocycles. The lowest BCUT2D eigenvalue weighted by Crippen LogP contribution is -2.21. The van der Waals surface area contributed by atoms with Gasteiger partial charge in [0.15, 0.2) is 0 Å². The predicted molar refractivity (Wildman–Crippen MR) is 48.9 cm³/mol. The van der Waals surface area contributed by atoms with Crippen LogP contribution in [0.1, 0.15) is 24.0 Å². The molecule has 0 radical (unpaired) electrons. The van der Waals surface area contributed by atoms with Crippen LogP contribution in [0.25, 0.3) is 0 Å². The van der Waals surface area contributed by atoms with Gasteiger partial charge in [0.25, 0.3) is 0 Å². The molecule has 0 bridgehead atoms. The monoisotopic (exact) mass is 173 g/mol. The summed E-state index contributed by atoms with van der Waals surface area (Å²) in [5.74, 6) is 0. The zero-order chi connectivity index (χ0) is 9.31. The molecular formula is C11H11NO. The third-order valence-electron chi connectivity index (χ3n) is 2.70. The molecule has 0 fully saturated rings. The highest BCUT2D eigenvalue weighted by Crippen LogP contribution is 2.38. The number of nitrogens with zero attached hydrogens (tertiary/aromatic N) is 1. The summed E-state index contributed by atoms with van der Waals surface area (Å²) in [6.45, 7) is 0. The van der Waals surface area contributed by atoms with Crippen LogP contribution in [0.2, 0.25) is 0 Å². The second-order valence-corrected chi connectivity index (χ2v) is 3.52. The summed E-state index contributed by atoms with van der Waals surface area (Å²) in [6, 6.07) is 9.85. The van der Waals surface area contributed by atoms with Gasteiger partial charge in [-0.05, 0) is 24.0 Å². The molecule has 2 rings (SSSR count). The van der Waals surface area contributed by atoms with E-state index in [1.54, 1.807) is 0 Å². The topological polar surface area (TPSA) is 44.0 Å². The zero-order valence-corrected chi connectivity index (χ0v) is 7.33. The summed E-state index contributed by atoms with van der Waals surface area (Å²) in [7, 11) is 0. The third kappa shape index (κ3) is 1.22. The van der Waals surface area contributed by atoms with Crippen LogP contribution >= 0.6 is 0 Å². The first-order valence-corrected chi connectivity index (χ1v) is 4.44. The number of nitriles is 1. The molecule has 0 spiro atoms. The first kappa shape index (κ1) is 8.28. The van der Waals surface area contributed by atoms with Gasteiger partial charge in [0.2, 0.25) is 0 Å². The molecule has 1 aromatic carbocycles. The van der Waals surface area contributed by atoms with E-state index in [4.69, 9.17) is 5.26 Å². The van der Waals surface area contributed by atoms with E-state index >= 15 is 0 Å². The SMILES string of the molecule is N#CCC1(O)CCc2ccccc21. The fourth-order valence-corrected chi connectivity index (χ4v) is 1.98. The van der Waals surface area contributed by atoms with Gasteiger partial charge >= 0.3 is 0 Å². The molecule has 0 aromatic heterocycles. The van der Waals surface area contributed by atoms with Crippen molar-refractivity contribution in [1.29, 1.82) is 5.26 Å². The molecule has 0 saturated heterocycles. The summed E-state index contributed by atoms with van der Waals surface area (Å²) in [5, 5.41) is 18.7. The Kier molecular flexibility index (Phi) is 1.82. The maximum absolute atomic E-state index is 10.1. The fourth-order valence-electron chi connectivity index (χ4n) is 1.98. The number of aryl methyl sites for hydroxylation is 1. The fraction of sp³-hybridized carbons (Fsp3) is 0.364. The van der Waals surface area contributed by atoms with Crippen molar-refractivity contribution in [1.82, 2.24) is 0 Å². The van der Waals surface area contributed by atoms with E-state index in [9.17, 15) is 5.11 Å². The van der Waals surface area contributed by atoms with Crippen molar-refractivity contribution < 1.29 is 5.11 Å². The standard InChI is InChI=1S/C11H11NO/c12-8-7-11(13)6-5-9-3-1-2-4-10(9)11/h1-4,13H,5-7H2. The van der Waals surface area contributed by atoms with Crippen LogP contribution in [0.4, 0.5) is 0 Å². The highest BCUT2D eigenvalue weighted by atomic mass is 16.3. The number of hydrogen-bond donors (Lipinski definition) is 1. The van der Waals surface area contributed by atoms with Gasteiger partial charge in [-0.15, -0.1) is 0 Å². The maximum Gasteiger partial charge on any atom is 0.103 e. The molecule has 0 saturated carbocycles. The van der Waals surface area contributed by atoms with E-state index in [1.807, 2.05) is 30.3 Å². The van der Waals surface area contributed by atoms with Gasteiger partial charge in [-0.25, -0.2) is 0 Å². The van der Waals surface area contributed by atoms with Crippen LogP contribution in [0.3, 0.4) is 0 Å². The Balaban J connectivity index is 2.44. The van der Waals surface area contributed by atoms with E-state index in [0.29, 0.717) is 6.42 Å². The van der Waals surface area contributed by atoms with Crippen LogP contribution in [-0.2, 0) is 12.0 Å². The normalized spacial score (nSPS) is 25.2. The van der Waals surface area contributed by atoms with Crippen LogP contribution < -0.4 is 0 Å². The van der Waals surface area contributed by atoms with Crippen molar-refractivity contribution in [3.05, 3.63) is 35.4 Å². The van der Waals surface area contributed by atoms with Crippen molar-refractivity contribution in [2.75, 3.05) is 0 Å². The minimum absolute atomic E-state index is 0.198. The van der Waals surface area contributed by atoms with Crippen molar-refractivity contribution in [3.63, 3.8) is 0 Å². The van der Waals surface area contributed by atoms with Gasteiger partial charge < -0.3 is 5.11 Å². The highest BCUT2D eigenvalue weighted by molar-refractivity contribution is 5.37. The van der Waals surface area contributed by atoms with Crippen molar-refractivity contribution >= 4 is 0 Å². The van der Waals surface area contributed by atoms with Gasteiger partial charge in [0.1, 0.15) is 5.60 Å². The Hall–Kier alpha value is -1.33. The quantitative estimate of drug-likeness (QED) is 0.702. The van der Waals surface area contributed by atoms with Crippen molar-refractivity contribution in [2.45, 2.75) is 24.9 Å². The average Bonchev–Trinajstić information content (AvgIpc) is 2.46. The summed E-state index contributed by atoms with van der Waals surface area (Å²) in [5.41, 5.74) is 1.24. The van der Waals surface area contributed by atoms with Gasteiger partial charge in [-0.2, -0.15) is 5.26 Å². The molecule has 1 unspecified atom stereocenters. The molecular weight excluding hydrogens is 162 g/mol. The molecule has 2 heteroatoms. The van der Waals surface area contributed by atoms with Crippen LogP contribution in [0.15, 0.2) is 24.3 Å². The second kappa shape index (κ2) is 2.86. The van der Waals surface area contributed by atoms with Gasteiger partial charge in [0, 0.05) is 0 Å². The summed E-state index contributed by atoms with van der Waals surface area (Å²) in [4.78, 5) is 0. The molecule has 13 heavy (non-hydrogen) atoms. The molecule has 1 aliphatic rings. The molecule has 1 aromatic rings. The van der Waals surface area contributed by atoms with E-state index in [1.165, 1.54) is 5.56 Å². The molecule has 2 nitrogen and oxygen atoms in total. The molecule has 1 atom stereocenters. The smallest absolute Gasteiger partial charge is 0.103 e. The summed E-state index contributed by atoms with van der Waals surface area (Å²) >= 11 is 0. The lowest BCUT2D eigenvalue weighted by molar-refractivity contribution is 0.0436. The minimum atomic E-state index is -0.884. The van der Waals surface area contributed by atoms with Gasteiger partial charge in [-0.1, -0.05) is 24.3 Å². The number of aliphatic hydroxyl groups is 1. The Bertz CT molecular complexity index is 367. The van der Waals surface area contributed by atoms with Crippen LogP contribution in [0.5, 0.6) is 0 Å². The zero-order valence-electron chi connectivity index (χ0n) is 7.33. The van der Waals surface area contributed by atoms with Crippen molar-refractivity contribution in [2.24, 2.45) is 0 Å². The van der Waals surface area contributed by atoms with E-state index < -0.39 is 5.60 Å². The first-order chi connectivity index (χ1) is 6.26. The Morgan fingerprint density at radius 2 is 2.23 bits per heavy atom. The largest absolute Gasteiger partial charge is 0.384 e. The first-order valence-electron chi connectivity index (χ1n) is 4.44. The van der Waals surface area contributed by atoms with E-state index in [-0.39, 0.29) is 6.42 Å². The minimum Gasteiger partial charge on any atom is -0.384 e. The molecule has 0 amide bonds. The lowest BCUT2D eigenvalue weighted by atomic mass is 9.93. The number of rotatable bonds is 1. The summed E-state index contributed by atoms with van der Waals surface area (Å²) in [6.07, 6.45) is 1.76. The molecule has 0 aliphatic heterocycles. The Morgan fingerprint density at radius 1 is 1.46 bits per heavy atom. The third-order valence-corrected chi connectivity index (χ3v) is 2.70. The van der Waals surface area contributed by atoms with E-state index in [0.717, 1.165) is 12.0 Å². The van der Waals surface area contributed by atoms with E-state index in [2.05, 4.69) is 0 Å². The number of benzene rings is 1. The average molecular weight is 173 g/mol. The second-order valence-electron chi connectivity index (χ2n) is 3.52. The van der Waals surface area contributed by atoms with Gasteiger partial charge in [0.05, 0.1) is 12.5 Å². The Labute approximate surface area is 77.4 Å². The lowest BCUT2D eigenvalue weighted by Gasteiger charge is -2.19.